The standard InChI is InChI=1S/C23H32ClNO3/c1-4-5-6-7-10-17-16(3)18-12-20(24)21(26)19(22(18)28-23(17)27)14-25-11-8-9-15(2)13-25/h12,15,26H,4-11,13-14H2,1-3H3/t15-/m1/s1. The second-order valence-corrected chi connectivity index (χ2v) is 8.76. The molecule has 1 aromatic carbocycles. The van der Waals surface area contributed by atoms with Crippen LogP contribution in [0.2, 0.25) is 5.02 Å². The van der Waals surface area contributed by atoms with Crippen molar-refractivity contribution in [3.63, 3.8) is 0 Å². The second kappa shape index (κ2) is 9.32. The Morgan fingerprint density at radius 2 is 2.07 bits per heavy atom. The van der Waals surface area contributed by atoms with E-state index in [0.717, 1.165) is 55.3 Å². The Kier molecular flexibility index (Phi) is 7.05. The van der Waals surface area contributed by atoms with Gasteiger partial charge in [-0.05, 0) is 56.7 Å². The van der Waals surface area contributed by atoms with E-state index >= 15 is 0 Å². The van der Waals surface area contributed by atoms with Gasteiger partial charge in [0, 0.05) is 24.0 Å². The number of hydrogen-bond donors (Lipinski definition) is 1. The van der Waals surface area contributed by atoms with Crippen molar-refractivity contribution in [2.75, 3.05) is 13.1 Å². The number of hydrogen-bond acceptors (Lipinski definition) is 4. The van der Waals surface area contributed by atoms with Crippen molar-refractivity contribution in [3.05, 3.63) is 38.2 Å². The molecule has 1 fully saturated rings. The summed E-state index contributed by atoms with van der Waals surface area (Å²) in [5, 5.41) is 11.8. The molecule has 154 valence electrons. The molecule has 2 heterocycles. The molecule has 0 amide bonds. The van der Waals surface area contributed by atoms with Gasteiger partial charge in [-0.1, -0.05) is 44.7 Å². The van der Waals surface area contributed by atoms with Gasteiger partial charge in [0.25, 0.3) is 0 Å². The molecular formula is C23H32ClNO3. The highest BCUT2D eigenvalue weighted by atomic mass is 35.5. The Hall–Kier alpha value is -1.52. The Morgan fingerprint density at radius 3 is 2.79 bits per heavy atom. The third-order valence-electron chi connectivity index (χ3n) is 6.00. The van der Waals surface area contributed by atoms with Gasteiger partial charge in [-0.3, -0.25) is 4.90 Å². The average Bonchev–Trinajstić information content (AvgIpc) is 2.66. The van der Waals surface area contributed by atoms with Crippen LogP contribution in [-0.4, -0.2) is 23.1 Å². The van der Waals surface area contributed by atoms with E-state index in [1.807, 2.05) is 6.92 Å². The molecule has 28 heavy (non-hydrogen) atoms. The molecule has 0 spiro atoms. The fraction of sp³-hybridized carbons (Fsp3) is 0.609. The monoisotopic (exact) mass is 405 g/mol. The average molecular weight is 406 g/mol. The smallest absolute Gasteiger partial charge is 0.339 e. The Balaban J connectivity index is 1.99. The number of piperidine rings is 1. The Morgan fingerprint density at radius 1 is 1.29 bits per heavy atom. The number of benzene rings is 1. The Labute approximate surface area is 172 Å². The van der Waals surface area contributed by atoms with Gasteiger partial charge in [-0.15, -0.1) is 0 Å². The first-order chi connectivity index (χ1) is 13.4. The van der Waals surface area contributed by atoms with E-state index in [2.05, 4.69) is 18.7 Å². The number of nitrogens with zero attached hydrogens (tertiary/aromatic N) is 1. The molecule has 0 aliphatic carbocycles. The molecule has 2 aromatic rings. The summed E-state index contributed by atoms with van der Waals surface area (Å²) in [6, 6.07) is 1.74. The molecule has 1 saturated heterocycles. The maximum atomic E-state index is 12.7. The topological polar surface area (TPSA) is 53.7 Å². The zero-order chi connectivity index (χ0) is 20.3. The van der Waals surface area contributed by atoms with Crippen molar-refractivity contribution in [2.24, 2.45) is 5.92 Å². The number of fused-ring (bicyclic) bond motifs is 1. The largest absolute Gasteiger partial charge is 0.506 e. The van der Waals surface area contributed by atoms with E-state index < -0.39 is 0 Å². The fourth-order valence-electron chi connectivity index (χ4n) is 4.36. The summed E-state index contributed by atoms with van der Waals surface area (Å²) in [6.07, 6.45) is 7.54. The molecule has 1 aliphatic heterocycles. The van der Waals surface area contributed by atoms with Crippen LogP contribution in [0, 0.1) is 12.8 Å². The van der Waals surface area contributed by atoms with E-state index in [1.165, 1.54) is 19.3 Å². The number of aromatic hydroxyl groups is 1. The minimum absolute atomic E-state index is 0.0330. The molecule has 1 aromatic heterocycles. The third-order valence-corrected chi connectivity index (χ3v) is 6.29. The number of unbranched alkanes of at least 4 members (excludes halogenated alkanes) is 3. The van der Waals surface area contributed by atoms with Gasteiger partial charge < -0.3 is 9.52 Å². The lowest BCUT2D eigenvalue weighted by Crippen LogP contribution is -2.33. The maximum absolute atomic E-state index is 12.7. The molecule has 1 aliphatic rings. The van der Waals surface area contributed by atoms with Gasteiger partial charge in [0.15, 0.2) is 0 Å². The van der Waals surface area contributed by atoms with E-state index in [-0.39, 0.29) is 11.4 Å². The van der Waals surface area contributed by atoms with Gasteiger partial charge in [-0.2, -0.15) is 0 Å². The van der Waals surface area contributed by atoms with Crippen molar-refractivity contribution in [1.82, 2.24) is 4.90 Å². The fourth-order valence-corrected chi connectivity index (χ4v) is 4.58. The zero-order valence-corrected chi connectivity index (χ0v) is 18.1. The summed E-state index contributed by atoms with van der Waals surface area (Å²) < 4.78 is 5.77. The summed E-state index contributed by atoms with van der Waals surface area (Å²) in [5.41, 5.74) is 2.51. The van der Waals surface area contributed by atoms with E-state index in [9.17, 15) is 9.90 Å². The van der Waals surface area contributed by atoms with Gasteiger partial charge in [-0.25, -0.2) is 4.79 Å². The lowest BCUT2D eigenvalue weighted by molar-refractivity contribution is 0.175. The van der Waals surface area contributed by atoms with Crippen LogP contribution < -0.4 is 5.63 Å². The molecule has 1 atom stereocenters. The first-order valence-corrected chi connectivity index (χ1v) is 11.0. The van der Waals surface area contributed by atoms with Gasteiger partial charge in [0.2, 0.25) is 0 Å². The van der Waals surface area contributed by atoms with Gasteiger partial charge in [0.05, 0.1) is 10.6 Å². The number of aryl methyl sites for hydroxylation is 1. The van der Waals surface area contributed by atoms with Gasteiger partial charge in [0.1, 0.15) is 11.3 Å². The van der Waals surface area contributed by atoms with Crippen LogP contribution in [0.15, 0.2) is 15.3 Å². The van der Waals surface area contributed by atoms with Crippen LogP contribution in [0.1, 0.15) is 69.1 Å². The van der Waals surface area contributed by atoms with Crippen LogP contribution in [0.4, 0.5) is 0 Å². The summed E-state index contributed by atoms with van der Waals surface area (Å²) >= 11 is 6.36. The quantitative estimate of drug-likeness (QED) is 0.466. The molecule has 0 unspecified atom stereocenters. The van der Waals surface area contributed by atoms with Crippen molar-refractivity contribution in [2.45, 2.75) is 72.3 Å². The van der Waals surface area contributed by atoms with Crippen LogP contribution >= 0.6 is 11.6 Å². The second-order valence-electron chi connectivity index (χ2n) is 8.35. The van der Waals surface area contributed by atoms with Crippen molar-refractivity contribution in [1.29, 1.82) is 0 Å². The minimum atomic E-state index is -0.281. The van der Waals surface area contributed by atoms with E-state index in [4.69, 9.17) is 16.0 Å². The molecule has 3 rings (SSSR count). The van der Waals surface area contributed by atoms with Crippen LogP contribution in [0.25, 0.3) is 11.0 Å². The SMILES string of the molecule is CCCCCCc1c(C)c2cc(Cl)c(O)c(CN3CCC[C@@H](C)C3)c2oc1=O. The van der Waals surface area contributed by atoms with Crippen LogP contribution in [-0.2, 0) is 13.0 Å². The van der Waals surface area contributed by atoms with Gasteiger partial charge >= 0.3 is 5.63 Å². The predicted octanol–water partition coefficient (Wildman–Crippen LogP) is 5.82. The van der Waals surface area contributed by atoms with Crippen LogP contribution in [0.3, 0.4) is 0 Å². The third kappa shape index (κ3) is 4.55. The number of rotatable bonds is 7. The molecule has 4 nitrogen and oxygen atoms in total. The summed E-state index contributed by atoms with van der Waals surface area (Å²) in [4.78, 5) is 15.0. The highest BCUT2D eigenvalue weighted by Crippen LogP contribution is 2.37. The summed E-state index contributed by atoms with van der Waals surface area (Å²) in [7, 11) is 0. The number of likely N-dealkylation sites (tertiary alicyclic amines) is 1. The van der Waals surface area contributed by atoms with E-state index in [1.54, 1.807) is 6.07 Å². The molecular weight excluding hydrogens is 374 g/mol. The maximum Gasteiger partial charge on any atom is 0.339 e. The van der Waals surface area contributed by atoms with Crippen LogP contribution in [0.5, 0.6) is 5.75 Å². The normalized spacial score (nSPS) is 18.1. The molecule has 5 heteroatoms. The number of halogens is 1. The molecule has 0 saturated carbocycles. The number of phenols is 1. The highest BCUT2D eigenvalue weighted by molar-refractivity contribution is 6.33. The molecule has 0 bridgehead atoms. The van der Waals surface area contributed by atoms with Crippen molar-refractivity contribution >= 4 is 22.6 Å². The van der Waals surface area contributed by atoms with Crippen molar-refractivity contribution < 1.29 is 9.52 Å². The Bertz CT molecular complexity index is 890. The lowest BCUT2D eigenvalue weighted by atomic mass is 9.97. The minimum Gasteiger partial charge on any atom is -0.506 e. The predicted molar refractivity (Wildman–Crippen MR) is 115 cm³/mol. The zero-order valence-electron chi connectivity index (χ0n) is 17.3. The highest BCUT2D eigenvalue weighted by Gasteiger charge is 2.23. The molecule has 0 radical (unpaired) electrons. The number of phenolic OH excluding ortho intramolecular Hbond substituents is 1. The summed E-state index contributed by atoms with van der Waals surface area (Å²) in [5.74, 6) is 0.662. The first-order valence-electron chi connectivity index (χ1n) is 10.6. The summed E-state index contributed by atoms with van der Waals surface area (Å²) in [6.45, 7) is 8.90. The molecule has 1 N–H and O–H groups in total. The first kappa shape index (κ1) is 21.2. The van der Waals surface area contributed by atoms with E-state index in [0.29, 0.717) is 28.6 Å². The lowest BCUT2D eigenvalue weighted by Gasteiger charge is -2.31. The van der Waals surface area contributed by atoms with Crippen molar-refractivity contribution in [3.8, 4) is 5.75 Å².